The van der Waals surface area contributed by atoms with Gasteiger partial charge >= 0.3 is 0 Å². The first-order valence-electron chi connectivity index (χ1n) is 10.4. The van der Waals surface area contributed by atoms with E-state index < -0.39 is 0 Å². The molecule has 2 rings (SSSR count). The van der Waals surface area contributed by atoms with Gasteiger partial charge < -0.3 is 25.4 Å². The quantitative estimate of drug-likeness (QED) is 0.380. The van der Waals surface area contributed by atoms with Crippen molar-refractivity contribution in [1.82, 2.24) is 16.0 Å². The number of nitrogens with one attached hydrogen (secondary N) is 3. The lowest BCUT2D eigenvalue weighted by Crippen LogP contribution is -2.40. The highest BCUT2D eigenvalue weighted by Crippen LogP contribution is 2.16. The van der Waals surface area contributed by atoms with Crippen molar-refractivity contribution in [3.8, 4) is 0 Å². The molecule has 0 radical (unpaired) electrons. The summed E-state index contributed by atoms with van der Waals surface area (Å²) in [6, 6.07) is 8.06. The van der Waals surface area contributed by atoms with Crippen LogP contribution in [0.5, 0.6) is 0 Å². The summed E-state index contributed by atoms with van der Waals surface area (Å²) in [5, 5.41) is 8.76. The molecule has 1 aromatic carbocycles. The van der Waals surface area contributed by atoms with Gasteiger partial charge in [-0.2, -0.15) is 0 Å². The first kappa shape index (κ1) is 23.6. The van der Waals surface area contributed by atoms with E-state index in [0.29, 0.717) is 37.3 Å². The fourth-order valence-electron chi connectivity index (χ4n) is 3.34. The van der Waals surface area contributed by atoms with Gasteiger partial charge in [-0.25, -0.2) is 0 Å². The third-order valence-corrected chi connectivity index (χ3v) is 4.81. The molecular formula is C23H33N3O4. The number of carbonyl (C=O) groups is 2. The van der Waals surface area contributed by atoms with E-state index in [1.807, 2.05) is 38.1 Å². The van der Waals surface area contributed by atoms with Crippen LogP contribution in [0.2, 0.25) is 0 Å². The van der Waals surface area contributed by atoms with Crippen molar-refractivity contribution in [2.45, 2.75) is 45.4 Å². The van der Waals surface area contributed by atoms with Gasteiger partial charge in [0, 0.05) is 45.3 Å². The molecule has 2 atom stereocenters. The standard InChI is InChI=1S/C23H33N3O4/c1-5-30-21(29-4)10-7-11-25-22(27)18-14-19(26-20(15-18)23(28)24-3)13-17-9-6-8-16(2)12-17/h6,8-9,12,14-15,19,21,26H,5,7,10-11,13H2,1-4H3,(H,24,28)(H,25,27). The molecule has 0 saturated carbocycles. The van der Waals surface area contributed by atoms with E-state index in [2.05, 4.69) is 22.0 Å². The Kier molecular flexibility index (Phi) is 9.57. The fraction of sp³-hybridized carbons (Fsp3) is 0.478. The SMILES string of the molecule is CCOC(CCCNC(=O)C1=CC(Cc2cccc(C)c2)NC(C(=O)NC)=C1)OC. The van der Waals surface area contributed by atoms with Crippen molar-refractivity contribution < 1.29 is 19.1 Å². The number of carbonyl (C=O) groups excluding carboxylic acids is 2. The Balaban J connectivity index is 2.02. The Morgan fingerprint density at radius 3 is 2.73 bits per heavy atom. The van der Waals surface area contributed by atoms with Crippen LogP contribution in [-0.2, 0) is 25.5 Å². The highest BCUT2D eigenvalue weighted by Gasteiger charge is 2.22. The van der Waals surface area contributed by atoms with Crippen molar-refractivity contribution in [3.05, 3.63) is 58.8 Å². The molecule has 1 aliphatic rings. The molecular weight excluding hydrogens is 382 g/mol. The molecule has 0 aliphatic carbocycles. The molecule has 2 amide bonds. The molecule has 2 unspecified atom stereocenters. The first-order chi connectivity index (χ1) is 14.5. The normalized spacial score (nSPS) is 16.7. The second-order valence-corrected chi connectivity index (χ2v) is 7.22. The molecule has 1 aliphatic heterocycles. The molecule has 0 bridgehead atoms. The van der Waals surface area contributed by atoms with E-state index in [4.69, 9.17) is 9.47 Å². The summed E-state index contributed by atoms with van der Waals surface area (Å²) in [5.74, 6) is -0.445. The average Bonchev–Trinajstić information content (AvgIpc) is 2.74. The maximum atomic E-state index is 12.7. The zero-order chi connectivity index (χ0) is 21.9. The van der Waals surface area contributed by atoms with Crippen molar-refractivity contribution in [1.29, 1.82) is 0 Å². The van der Waals surface area contributed by atoms with Crippen LogP contribution >= 0.6 is 0 Å². The molecule has 0 aromatic heterocycles. The maximum Gasteiger partial charge on any atom is 0.267 e. The van der Waals surface area contributed by atoms with Gasteiger partial charge in [-0.3, -0.25) is 9.59 Å². The molecule has 30 heavy (non-hydrogen) atoms. The smallest absolute Gasteiger partial charge is 0.267 e. The van der Waals surface area contributed by atoms with Gasteiger partial charge in [0.15, 0.2) is 6.29 Å². The van der Waals surface area contributed by atoms with Crippen molar-refractivity contribution in [3.63, 3.8) is 0 Å². The monoisotopic (exact) mass is 415 g/mol. The number of rotatable bonds is 11. The summed E-state index contributed by atoms with van der Waals surface area (Å²) in [7, 11) is 3.18. The van der Waals surface area contributed by atoms with Crippen LogP contribution in [0.25, 0.3) is 0 Å². The third kappa shape index (κ3) is 7.31. The van der Waals surface area contributed by atoms with Gasteiger partial charge in [0.25, 0.3) is 11.8 Å². The second-order valence-electron chi connectivity index (χ2n) is 7.22. The minimum Gasteiger partial charge on any atom is -0.374 e. The molecule has 1 heterocycles. The number of hydrogen-bond donors (Lipinski definition) is 3. The van der Waals surface area contributed by atoms with Crippen LogP contribution in [0.1, 0.15) is 30.9 Å². The summed E-state index contributed by atoms with van der Waals surface area (Å²) in [5.41, 5.74) is 3.19. The minimum atomic E-state index is -0.261. The van der Waals surface area contributed by atoms with Crippen LogP contribution in [0.3, 0.4) is 0 Å². The van der Waals surface area contributed by atoms with Crippen molar-refractivity contribution in [2.24, 2.45) is 0 Å². The van der Waals surface area contributed by atoms with Gasteiger partial charge in [-0.05, 0) is 44.4 Å². The lowest BCUT2D eigenvalue weighted by atomic mass is 9.98. The van der Waals surface area contributed by atoms with Crippen molar-refractivity contribution in [2.75, 3.05) is 27.3 Å². The van der Waals surface area contributed by atoms with E-state index in [9.17, 15) is 9.59 Å². The van der Waals surface area contributed by atoms with Gasteiger partial charge in [0.2, 0.25) is 0 Å². The minimum absolute atomic E-state index is 0.152. The Morgan fingerprint density at radius 1 is 1.27 bits per heavy atom. The zero-order valence-electron chi connectivity index (χ0n) is 18.3. The Bertz CT molecular complexity index is 788. The highest BCUT2D eigenvalue weighted by atomic mass is 16.7. The molecule has 7 heteroatoms. The largest absolute Gasteiger partial charge is 0.374 e. The molecule has 0 saturated heterocycles. The summed E-state index contributed by atoms with van der Waals surface area (Å²) in [6.07, 6.45) is 5.32. The van der Waals surface area contributed by atoms with Crippen LogP contribution < -0.4 is 16.0 Å². The Morgan fingerprint density at radius 2 is 2.07 bits per heavy atom. The van der Waals surface area contributed by atoms with Gasteiger partial charge in [-0.15, -0.1) is 0 Å². The summed E-state index contributed by atoms with van der Waals surface area (Å²) < 4.78 is 10.7. The summed E-state index contributed by atoms with van der Waals surface area (Å²) in [4.78, 5) is 24.9. The molecule has 164 valence electrons. The number of aryl methyl sites for hydroxylation is 1. The molecule has 3 N–H and O–H groups in total. The second kappa shape index (κ2) is 12.1. The number of amides is 2. The van der Waals surface area contributed by atoms with Crippen LogP contribution in [0.4, 0.5) is 0 Å². The predicted molar refractivity (Wildman–Crippen MR) is 117 cm³/mol. The number of dihydropyridines is 1. The first-order valence-corrected chi connectivity index (χ1v) is 10.4. The van der Waals surface area contributed by atoms with Crippen LogP contribution in [0.15, 0.2) is 47.7 Å². The average molecular weight is 416 g/mol. The molecule has 7 nitrogen and oxygen atoms in total. The van der Waals surface area contributed by atoms with Crippen LogP contribution in [0, 0.1) is 6.92 Å². The van der Waals surface area contributed by atoms with E-state index in [0.717, 1.165) is 12.0 Å². The summed E-state index contributed by atoms with van der Waals surface area (Å²) >= 11 is 0. The van der Waals surface area contributed by atoms with E-state index in [1.165, 1.54) is 5.56 Å². The number of ether oxygens (including phenoxy) is 2. The third-order valence-electron chi connectivity index (χ3n) is 4.81. The van der Waals surface area contributed by atoms with E-state index in [-0.39, 0.29) is 24.1 Å². The zero-order valence-corrected chi connectivity index (χ0v) is 18.3. The van der Waals surface area contributed by atoms with Crippen molar-refractivity contribution >= 4 is 11.8 Å². The molecule has 1 aromatic rings. The fourth-order valence-corrected chi connectivity index (χ4v) is 3.34. The summed E-state index contributed by atoms with van der Waals surface area (Å²) in [6.45, 7) is 5.05. The number of methoxy groups -OCH3 is 1. The lowest BCUT2D eigenvalue weighted by molar-refractivity contribution is -0.125. The topological polar surface area (TPSA) is 88.7 Å². The maximum absolute atomic E-state index is 12.7. The van der Waals surface area contributed by atoms with E-state index >= 15 is 0 Å². The van der Waals surface area contributed by atoms with Gasteiger partial charge in [-0.1, -0.05) is 29.8 Å². The van der Waals surface area contributed by atoms with E-state index in [1.54, 1.807) is 20.2 Å². The predicted octanol–water partition coefficient (Wildman–Crippen LogP) is 1.97. The van der Waals surface area contributed by atoms with Gasteiger partial charge in [0.05, 0.1) is 0 Å². The lowest BCUT2D eigenvalue weighted by Gasteiger charge is -2.24. The number of likely N-dealkylation sites (N-methyl/N-ethyl adjacent to an activating group) is 1. The molecule has 0 fully saturated rings. The highest BCUT2D eigenvalue weighted by molar-refractivity contribution is 6.01. The number of hydrogen-bond acceptors (Lipinski definition) is 5. The van der Waals surface area contributed by atoms with Crippen LogP contribution in [-0.4, -0.2) is 51.5 Å². The Hall–Kier alpha value is -2.64. The van der Waals surface area contributed by atoms with Gasteiger partial charge in [0.1, 0.15) is 5.70 Å². The number of benzene rings is 1. The Labute approximate surface area is 178 Å². The molecule has 0 spiro atoms.